The summed E-state index contributed by atoms with van der Waals surface area (Å²) in [6, 6.07) is 13.3. The number of nitrogens with zero attached hydrogens (tertiary/aromatic N) is 1. The molecule has 1 aliphatic rings. The fourth-order valence-corrected chi connectivity index (χ4v) is 4.42. The molecule has 158 valence electrons. The first-order valence-electron chi connectivity index (χ1n) is 9.42. The minimum atomic E-state index is -4.05. The summed E-state index contributed by atoms with van der Waals surface area (Å²) in [4.78, 5) is 37.2. The van der Waals surface area contributed by atoms with Gasteiger partial charge >= 0.3 is 5.97 Å². The van der Waals surface area contributed by atoms with Crippen LogP contribution in [0.15, 0.2) is 59.5 Å². The summed E-state index contributed by atoms with van der Waals surface area (Å²) in [6.45, 7) is 0. The fraction of sp³-hybridized carbons (Fsp3) is 0.286. The molecule has 9 heteroatoms. The highest BCUT2D eigenvalue weighted by Gasteiger charge is 2.29. The number of imide groups is 1. The summed E-state index contributed by atoms with van der Waals surface area (Å²) in [5.74, 6) is -1.33. The molecule has 3 rings (SSSR count). The molecular weight excluding hydrogens is 408 g/mol. The number of amides is 2. The Kier molecular flexibility index (Phi) is 6.63. The number of anilines is 1. The first kappa shape index (κ1) is 21.7. The largest absolute Gasteiger partial charge is 0.468 e. The van der Waals surface area contributed by atoms with Gasteiger partial charge in [0.25, 0.3) is 0 Å². The molecule has 1 aliphatic heterocycles. The Labute approximate surface area is 174 Å². The van der Waals surface area contributed by atoms with Crippen LogP contribution in [0.2, 0.25) is 0 Å². The molecule has 2 aromatic rings. The maximum Gasteiger partial charge on any atom is 0.324 e. The number of piperidine rings is 1. The maximum absolute atomic E-state index is 12.8. The summed E-state index contributed by atoms with van der Waals surface area (Å²) < 4.78 is 32.7. The van der Waals surface area contributed by atoms with Crippen LogP contribution in [0.1, 0.15) is 24.8 Å². The van der Waals surface area contributed by atoms with Crippen molar-refractivity contribution in [3.63, 3.8) is 0 Å². The summed E-state index contributed by atoms with van der Waals surface area (Å²) >= 11 is 0. The third-order valence-corrected chi connectivity index (χ3v) is 6.24. The zero-order chi connectivity index (χ0) is 21.7. The van der Waals surface area contributed by atoms with Crippen molar-refractivity contribution in [3.05, 3.63) is 60.2 Å². The van der Waals surface area contributed by atoms with E-state index in [2.05, 4.69) is 4.72 Å². The predicted molar refractivity (Wildman–Crippen MR) is 109 cm³/mol. The third kappa shape index (κ3) is 4.92. The van der Waals surface area contributed by atoms with Gasteiger partial charge in [-0.2, -0.15) is 4.72 Å². The van der Waals surface area contributed by atoms with Crippen LogP contribution in [0, 0.1) is 0 Å². The molecular formula is C21H22N2O6S. The molecule has 2 amide bonds. The zero-order valence-corrected chi connectivity index (χ0v) is 17.2. The van der Waals surface area contributed by atoms with Gasteiger partial charge in [0, 0.05) is 12.8 Å². The number of hydrogen-bond acceptors (Lipinski definition) is 6. The normalized spacial score (nSPS) is 15.7. The van der Waals surface area contributed by atoms with Crippen LogP contribution in [-0.2, 0) is 35.6 Å². The van der Waals surface area contributed by atoms with Crippen LogP contribution in [-0.4, -0.2) is 39.4 Å². The lowest BCUT2D eigenvalue weighted by atomic mass is 10.1. The van der Waals surface area contributed by atoms with Gasteiger partial charge in [0.05, 0.1) is 17.7 Å². The predicted octanol–water partition coefficient (Wildman–Crippen LogP) is 1.79. The van der Waals surface area contributed by atoms with Gasteiger partial charge in [0.15, 0.2) is 0 Å². The van der Waals surface area contributed by atoms with Gasteiger partial charge in [-0.25, -0.2) is 8.42 Å². The number of nitrogens with one attached hydrogen (secondary N) is 1. The quantitative estimate of drug-likeness (QED) is 0.530. The molecule has 0 spiro atoms. The molecule has 2 aromatic carbocycles. The topological polar surface area (TPSA) is 110 Å². The lowest BCUT2D eigenvalue weighted by Crippen LogP contribution is -2.43. The molecule has 0 aliphatic carbocycles. The molecule has 0 saturated carbocycles. The van der Waals surface area contributed by atoms with E-state index in [0.717, 1.165) is 10.5 Å². The molecule has 1 saturated heterocycles. The lowest BCUT2D eigenvalue weighted by Gasteiger charge is -2.25. The van der Waals surface area contributed by atoms with Crippen molar-refractivity contribution in [1.82, 2.24) is 4.72 Å². The molecule has 8 nitrogen and oxygen atoms in total. The minimum absolute atomic E-state index is 0.0925. The first-order valence-corrected chi connectivity index (χ1v) is 10.9. The Hall–Kier alpha value is -3.04. The second-order valence-electron chi connectivity index (χ2n) is 6.86. The third-order valence-electron chi connectivity index (χ3n) is 4.75. The summed E-state index contributed by atoms with van der Waals surface area (Å²) in [6.07, 6.45) is 1.18. The molecule has 0 radical (unpaired) electrons. The fourth-order valence-electron chi connectivity index (χ4n) is 3.24. The van der Waals surface area contributed by atoms with Crippen LogP contribution in [0.3, 0.4) is 0 Å². The zero-order valence-electron chi connectivity index (χ0n) is 16.4. The average Bonchev–Trinajstić information content (AvgIpc) is 2.73. The Morgan fingerprint density at radius 3 is 2.20 bits per heavy atom. The van der Waals surface area contributed by atoms with Crippen LogP contribution >= 0.6 is 0 Å². The smallest absolute Gasteiger partial charge is 0.324 e. The van der Waals surface area contributed by atoms with E-state index in [4.69, 9.17) is 4.74 Å². The molecule has 1 heterocycles. The molecule has 0 unspecified atom stereocenters. The number of benzene rings is 2. The summed E-state index contributed by atoms with van der Waals surface area (Å²) in [5, 5.41) is 0. The van der Waals surface area contributed by atoms with Crippen molar-refractivity contribution in [2.24, 2.45) is 0 Å². The Morgan fingerprint density at radius 2 is 1.63 bits per heavy atom. The van der Waals surface area contributed by atoms with E-state index in [1.165, 1.54) is 31.4 Å². The minimum Gasteiger partial charge on any atom is -0.468 e. The number of esters is 1. The van der Waals surface area contributed by atoms with E-state index >= 15 is 0 Å². The molecule has 0 bridgehead atoms. The van der Waals surface area contributed by atoms with Gasteiger partial charge in [0.2, 0.25) is 21.8 Å². The number of hydrogen-bond donors (Lipinski definition) is 1. The molecule has 0 aromatic heterocycles. The van der Waals surface area contributed by atoms with E-state index in [1.54, 1.807) is 24.3 Å². The van der Waals surface area contributed by atoms with E-state index in [0.29, 0.717) is 12.1 Å². The number of sulfonamides is 1. The average molecular weight is 430 g/mol. The number of carbonyl (C=O) groups excluding carboxylic acids is 3. The van der Waals surface area contributed by atoms with E-state index in [9.17, 15) is 22.8 Å². The van der Waals surface area contributed by atoms with Gasteiger partial charge in [-0.1, -0.05) is 30.3 Å². The van der Waals surface area contributed by atoms with Crippen molar-refractivity contribution in [2.75, 3.05) is 12.0 Å². The molecule has 1 N–H and O–H groups in total. The van der Waals surface area contributed by atoms with Crippen LogP contribution in [0.25, 0.3) is 0 Å². The summed E-state index contributed by atoms with van der Waals surface area (Å²) in [5.41, 5.74) is 1.09. The second-order valence-corrected chi connectivity index (χ2v) is 8.57. The highest BCUT2D eigenvalue weighted by molar-refractivity contribution is 7.89. The van der Waals surface area contributed by atoms with Gasteiger partial charge in [-0.15, -0.1) is 0 Å². The van der Waals surface area contributed by atoms with E-state index < -0.39 is 22.0 Å². The second kappa shape index (κ2) is 9.19. The SMILES string of the molecule is COC(=O)[C@H](Cc1ccccc1)NS(=O)(=O)c1ccc(N2C(=O)CCCC2=O)cc1. The first-order chi connectivity index (χ1) is 14.3. The van der Waals surface area contributed by atoms with Gasteiger partial charge in [-0.05, 0) is 42.7 Å². The lowest BCUT2D eigenvalue weighted by molar-refractivity contribution is -0.142. The Morgan fingerprint density at radius 1 is 1.03 bits per heavy atom. The maximum atomic E-state index is 12.8. The van der Waals surface area contributed by atoms with Crippen LogP contribution in [0.5, 0.6) is 0 Å². The van der Waals surface area contributed by atoms with Crippen LogP contribution in [0.4, 0.5) is 5.69 Å². The Bertz CT molecular complexity index is 1020. The van der Waals surface area contributed by atoms with Crippen molar-refractivity contribution >= 4 is 33.5 Å². The van der Waals surface area contributed by atoms with E-state index in [-0.39, 0.29) is 36.0 Å². The number of rotatable bonds is 7. The highest BCUT2D eigenvalue weighted by Crippen LogP contribution is 2.23. The number of ether oxygens (including phenoxy) is 1. The number of methoxy groups -OCH3 is 1. The van der Waals surface area contributed by atoms with Gasteiger partial charge in [-0.3, -0.25) is 19.3 Å². The van der Waals surface area contributed by atoms with Crippen molar-refractivity contribution < 1.29 is 27.5 Å². The number of carbonyl (C=O) groups is 3. The van der Waals surface area contributed by atoms with Gasteiger partial charge in [0.1, 0.15) is 6.04 Å². The standard InChI is InChI=1S/C21H22N2O6S/c1-29-21(26)18(14-15-6-3-2-4-7-15)22-30(27,28)17-12-10-16(11-13-17)23-19(24)8-5-9-20(23)25/h2-4,6-7,10-13,18,22H,5,8-9,14H2,1H3/t18-/m0/s1. The van der Waals surface area contributed by atoms with Gasteiger partial charge < -0.3 is 4.74 Å². The molecule has 1 atom stereocenters. The molecule has 30 heavy (non-hydrogen) atoms. The monoisotopic (exact) mass is 430 g/mol. The van der Waals surface area contributed by atoms with Crippen LogP contribution < -0.4 is 9.62 Å². The Balaban J connectivity index is 1.80. The van der Waals surface area contributed by atoms with E-state index in [1.807, 2.05) is 6.07 Å². The van der Waals surface area contributed by atoms with Crippen molar-refractivity contribution in [2.45, 2.75) is 36.6 Å². The van der Waals surface area contributed by atoms with Crippen molar-refractivity contribution in [1.29, 1.82) is 0 Å². The summed E-state index contributed by atoms with van der Waals surface area (Å²) in [7, 11) is -2.86. The molecule has 1 fully saturated rings. The van der Waals surface area contributed by atoms with Crippen molar-refractivity contribution in [3.8, 4) is 0 Å². The highest BCUT2D eigenvalue weighted by atomic mass is 32.2.